The Hall–Kier alpha value is -4.23. The van der Waals surface area contributed by atoms with Gasteiger partial charge in [0.05, 0.1) is 28.1 Å². The summed E-state index contributed by atoms with van der Waals surface area (Å²) in [6, 6.07) is 13.4. The number of imidazole rings is 1. The van der Waals surface area contributed by atoms with E-state index in [-0.39, 0.29) is 29.3 Å². The van der Waals surface area contributed by atoms with Gasteiger partial charge in [-0.05, 0) is 43.0 Å². The Bertz CT molecular complexity index is 1580. The van der Waals surface area contributed by atoms with Gasteiger partial charge < -0.3 is 14.5 Å². The van der Waals surface area contributed by atoms with Gasteiger partial charge >= 0.3 is 0 Å². The highest BCUT2D eigenvalue weighted by atomic mass is 32.1. The lowest BCUT2D eigenvalue weighted by molar-refractivity contribution is -0.128. The van der Waals surface area contributed by atoms with E-state index in [9.17, 15) is 14.9 Å². The predicted octanol–water partition coefficient (Wildman–Crippen LogP) is 4.43. The van der Waals surface area contributed by atoms with Crippen molar-refractivity contribution in [1.82, 2.24) is 24.6 Å². The summed E-state index contributed by atoms with van der Waals surface area (Å²) in [6.45, 7) is 4.92. The Morgan fingerprint density at radius 3 is 2.86 bits per heavy atom. The number of benzene rings is 1. The number of nitrogens with one attached hydrogen (secondary N) is 2. The molecule has 0 spiro atoms. The smallest absolute Gasteiger partial charge is 0.290 e. The molecule has 1 unspecified atom stereocenters. The molecule has 0 aliphatic carbocycles. The minimum Gasteiger partial charge on any atom is -0.336 e. The first kappa shape index (κ1) is 24.5. The molecular formula is C27H27N7O2S. The zero-order chi connectivity index (χ0) is 25.9. The normalized spacial score (nSPS) is 16.9. The van der Waals surface area contributed by atoms with Crippen molar-refractivity contribution in [3.05, 3.63) is 70.9 Å². The predicted molar refractivity (Wildman–Crippen MR) is 141 cm³/mol. The molecule has 4 heterocycles. The number of thiophene rings is 1. The SMILES string of the molecule is CC(C)/C=C(\C#N)C(=O)N1CCCC(n2/c(=N/C(=O)c3ccc(-c4cn[nH]c4)s3)[nH]c3ccccc32)C1. The van der Waals surface area contributed by atoms with Crippen molar-refractivity contribution in [2.45, 2.75) is 32.7 Å². The molecule has 9 nitrogen and oxygen atoms in total. The topological polar surface area (TPSA) is 123 Å². The van der Waals surface area contributed by atoms with Gasteiger partial charge in [-0.25, -0.2) is 0 Å². The maximum Gasteiger partial charge on any atom is 0.290 e. The fourth-order valence-corrected chi connectivity index (χ4v) is 5.56. The Kier molecular flexibility index (Phi) is 6.88. The molecule has 2 N–H and O–H groups in total. The summed E-state index contributed by atoms with van der Waals surface area (Å²) in [5, 5.41) is 16.3. The Balaban J connectivity index is 1.49. The number of para-hydroxylation sites is 2. The first-order chi connectivity index (χ1) is 17.9. The van der Waals surface area contributed by atoms with E-state index in [0.717, 1.165) is 34.3 Å². The number of hydrogen-bond acceptors (Lipinski definition) is 5. The molecule has 0 bridgehead atoms. The van der Waals surface area contributed by atoms with Gasteiger partial charge in [0.1, 0.15) is 11.6 Å². The molecule has 1 aliphatic heterocycles. The van der Waals surface area contributed by atoms with Gasteiger partial charge in [-0.1, -0.05) is 32.1 Å². The lowest BCUT2D eigenvalue weighted by Gasteiger charge is -2.33. The fraction of sp³-hybridized carbons (Fsp3) is 0.296. The highest BCUT2D eigenvalue weighted by molar-refractivity contribution is 7.17. The molecule has 1 saturated heterocycles. The summed E-state index contributed by atoms with van der Waals surface area (Å²) in [4.78, 5) is 37.3. The molecule has 1 fully saturated rings. The number of aromatic nitrogens is 4. The van der Waals surface area contributed by atoms with Crippen LogP contribution in [0.3, 0.4) is 0 Å². The van der Waals surface area contributed by atoms with Gasteiger partial charge in [0.25, 0.3) is 11.8 Å². The minimum absolute atomic E-state index is 0.0933. The molecule has 10 heteroatoms. The number of nitrogens with zero attached hydrogens (tertiary/aromatic N) is 5. The average Bonchev–Trinajstić information content (AvgIpc) is 3.66. The standard InChI is InChI=1S/C27H27N7O2S/c1-17(2)12-18(13-28)26(36)33-11-5-6-20(16-33)34-22-8-4-3-7-21(22)31-27(34)32-25(35)24-10-9-23(37-24)19-14-29-30-15-19/h3-4,7-10,12,14-15,17,20H,5-6,11,16H2,1-2H3,(H,29,30)(H,31,32,35)/b18-12+. The first-order valence-corrected chi connectivity index (χ1v) is 13.0. The zero-order valence-electron chi connectivity index (χ0n) is 20.6. The second kappa shape index (κ2) is 10.4. The highest BCUT2D eigenvalue weighted by Gasteiger charge is 2.28. The first-order valence-electron chi connectivity index (χ1n) is 12.2. The van der Waals surface area contributed by atoms with Crippen LogP contribution in [0.2, 0.25) is 0 Å². The number of H-pyrrole nitrogens is 2. The zero-order valence-corrected chi connectivity index (χ0v) is 21.5. The van der Waals surface area contributed by atoms with Crippen LogP contribution in [0.15, 0.2) is 65.4 Å². The van der Waals surface area contributed by atoms with Crippen molar-refractivity contribution >= 4 is 34.2 Å². The average molecular weight is 514 g/mol. The fourth-order valence-electron chi connectivity index (χ4n) is 4.69. The van der Waals surface area contributed by atoms with E-state index in [1.165, 1.54) is 11.3 Å². The van der Waals surface area contributed by atoms with Crippen LogP contribution in [0.4, 0.5) is 0 Å². The molecule has 0 radical (unpaired) electrons. The number of likely N-dealkylation sites (tertiary alicyclic amines) is 1. The number of nitriles is 1. The number of carbonyl (C=O) groups is 2. The van der Waals surface area contributed by atoms with E-state index in [2.05, 4.69) is 26.2 Å². The van der Waals surface area contributed by atoms with Crippen molar-refractivity contribution in [2.24, 2.45) is 10.9 Å². The van der Waals surface area contributed by atoms with Crippen molar-refractivity contribution in [3.63, 3.8) is 0 Å². The van der Waals surface area contributed by atoms with Crippen LogP contribution in [0.25, 0.3) is 21.5 Å². The number of fused-ring (bicyclic) bond motifs is 1. The van der Waals surface area contributed by atoms with E-state index in [4.69, 9.17) is 0 Å². The maximum atomic E-state index is 13.2. The molecule has 37 heavy (non-hydrogen) atoms. The van der Waals surface area contributed by atoms with Gasteiger partial charge in [-0.2, -0.15) is 15.4 Å². The highest BCUT2D eigenvalue weighted by Crippen LogP contribution is 2.28. The second-order valence-electron chi connectivity index (χ2n) is 9.39. The summed E-state index contributed by atoms with van der Waals surface area (Å²) >= 11 is 1.36. The third kappa shape index (κ3) is 5.04. The summed E-state index contributed by atoms with van der Waals surface area (Å²) in [5.41, 5.74) is 3.31. The molecule has 4 aromatic rings. The van der Waals surface area contributed by atoms with Crippen LogP contribution in [-0.2, 0) is 4.79 Å². The van der Waals surface area contributed by atoms with Gasteiger partial charge in [0.15, 0.2) is 0 Å². The van der Waals surface area contributed by atoms with Gasteiger partial charge in [0.2, 0.25) is 5.62 Å². The van der Waals surface area contributed by atoms with Gasteiger partial charge in [-0.15, -0.1) is 11.3 Å². The Labute approximate surface area is 217 Å². The van der Waals surface area contributed by atoms with Crippen LogP contribution < -0.4 is 5.62 Å². The number of aromatic amines is 2. The quantitative estimate of drug-likeness (QED) is 0.303. The third-order valence-corrected chi connectivity index (χ3v) is 7.47. The van der Waals surface area contributed by atoms with Crippen molar-refractivity contribution in [3.8, 4) is 16.5 Å². The van der Waals surface area contributed by atoms with E-state index >= 15 is 0 Å². The summed E-state index contributed by atoms with van der Waals surface area (Å²) in [7, 11) is 0. The number of rotatable bonds is 5. The molecule has 3 aromatic heterocycles. The number of hydrogen-bond donors (Lipinski definition) is 2. The third-order valence-electron chi connectivity index (χ3n) is 6.34. The molecule has 1 atom stereocenters. The van der Waals surface area contributed by atoms with Crippen LogP contribution in [-0.4, -0.2) is 49.6 Å². The van der Waals surface area contributed by atoms with E-state index in [0.29, 0.717) is 23.6 Å². The van der Waals surface area contributed by atoms with E-state index in [1.807, 2.05) is 48.7 Å². The van der Waals surface area contributed by atoms with Gasteiger partial charge in [-0.3, -0.25) is 14.7 Å². The summed E-state index contributed by atoms with van der Waals surface area (Å²) in [5.74, 6) is -0.485. The number of carbonyl (C=O) groups excluding carboxylic acids is 2. The van der Waals surface area contributed by atoms with E-state index < -0.39 is 0 Å². The number of allylic oxidation sites excluding steroid dienone is 1. The molecule has 5 rings (SSSR count). The van der Waals surface area contributed by atoms with E-state index in [1.54, 1.807) is 29.4 Å². The van der Waals surface area contributed by atoms with Crippen LogP contribution in [0, 0.1) is 17.2 Å². The summed E-state index contributed by atoms with van der Waals surface area (Å²) in [6.07, 6.45) is 6.82. The largest absolute Gasteiger partial charge is 0.336 e. The van der Waals surface area contributed by atoms with Crippen molar-refractivity contribution in [2.75, 3.05) is 13.1 Å². The minimum atomic E-state index is -0.338. The molecular weight excluding hydrogens is 486 g/mol. The number of amides is 2. The maximum absolute atomic E-state index is 13.2. The molecule has 1 aliphatic rings. The van der Waals surface area contributed by atoms with Gasteiger partial charge in [0, 0.05) is 29.7 Å². The lowest BCUT2D eigenvalue weighted by atomic mass is 10.0. The van der Waals surface area contributed by atoms with Crippen LogP contribution in [0.5, 0.6) is 0 Å². The second-order valence-corrected chi connectivity index (χ2v) is 10.5. The number of piperidine rings is 1. The Morgan fingerprint density at radius 1 is 1.27 bits per heavy atom. The molecule has 188 valence electrons. The van der Waals surface area contributed by atoms with Crippen LogP contribution >= 0.6 is 11.3 Å². The van der Waals surface area contributed by atoms with Crippen LogP contribution in [0.1, 0.15) is 42.4 Å². The molecule has 2 amide bonds. The van der Waals surface area contributed by atoms with Crippen molar-refractivity contribution in [1.29, 1.82) is 5.26 Å². The summed E-state index contributed by atoms with van der Waals surface area (Å²) < 4.78 is 2.02. The monoisotopic (exact) mass is 513 g/mol. The Morgan fingerprint density at radius 2 is 2.11 bits per heavy atom. The van der Waals surface area contributed by atoms with Crippen molar-refractivity contribution < 1.29 is 9.59 Å². The lowest BCUT2D eigenvalue weighted by Crippen LogP contribution is -2.43. The molecule has 0 saturated carbocycles. The molecule has 1 aromatic carbocycles.